The first-order valence-electron chi connectivity index (χ1n) is 9.38. The van der Waals surface area contributed by atoms with Crippen LogP contribution in [0.5, 0.6) is 0 Å². The zero-order valence-electron chi connectivity index (χ0n) is 16.5. The maximum absolute atomic E-state index is 4.87. The van der Waals surface area contributed by atoms with Gasteiger partial charge in [-0.15, -0.1) is 0 Å². The topological polar surface area (TPSA) is 46.8 Å². The van der Waals surface area contributed by atoms with Crippen LogP contribution in [0.3, 0.4) is 0 Å². The molecule has 2 aromatic heterocycles. The molecule has 5 nitrogen and oxygen atoms in total. The molecule has 0 atom stereocenters. The largest absolute Gasteiger partial charge is 0.356 e. The van der Waals surface area contributed by atoms with Gasteiger partial charge in [0.2, 0.25) is 0 Å². The molecule has 0 radical (unpaired) electrons. The minimum Gasteiger partial charge on any atom is -0.356 e. The summed E-state index contributed by atoms with van der Waals surface area (Å²) in [6.07, 6.45) is 4.19. The Hall–Kier alpha value is -1.91. The number of hydrogen-bond donors (Lipinski definition) is 0. The van der Waals surface area contributed by atoms with Crippen LogP contribution in [0.4, 0.5) is 5.82 Å². The van der Waals surface area contributed by atoms with Gasteiger partial charge in [0.1, 0.15) is 11.6 Å². The van der Waals surface area contributed by atoms with E-state index in [-0.39, 0.29) is 5.41 Å². The van der Waals surface area contributed by atoms with Gasteiger partial charge in [0.05, 0.1) is 5.69 Å². The fourth-order valence-electron chi connectivity index (χ4n) is 3.45. The molecule has 136 valence electrons. The standard InChI is InChI=1S/C20H31N5/c1-14(2)19-22-17(20(3,4)5)13-18(23-19)25-11-8-15(9-12-25)16-7-10-21-24(16)6/h7,10,13-15H,8-9,11-12H2,1-6H3. The van der Waals surface area contributed by atoms with Crippen molar-refractivity contribution < 1.29 is 0 Å². The third-order valence-electron chi connectivity index (χ3n) is 5.11. The molecular weight excluding hydrogens is 310 g/mol. The van der Waals surface area contributed by atoms with Gasteiger partial charge in [0.25, 0.3) is 0 Å². The van der Waals surface area contributed by atoms with Crippen LogP contribution in [-0.4, -0.2) is 32.8 Å². The zero-order valence-corrected chi connectivity index (χ0v) is 16.5. The lowest BCUT2D eigenvalue weighted by Gasteiger charge is -2.34. The van der Waals surface area contributed by atoms with Crippen molar-refractivity contribution in [3.8, 4) is 0 Å². The summed E-state index contributed by atoms with van der Waals surface area (Å²) in [6.45, 7) is 13.1. The smallest absolute Gasteiger partial charge is 0.133 e. The highest BCUT2D eigenvalue weighted by atomic mass is 15.3. The van der Waals surface area contributed by atoms with Crippen LogP contribution in [0.25, 0.3) is 0 Å². The third kappa shape index (κ3) is 3.86. The van der Waals surface area contributed by atoms with Crippen molar-refractivity contribution in [3.63, 3.8) is 0 Å². The van der Waals surface area contributed by atoms with Crippen molar-refractivity contribution in [2.24, 2.45) is 7.05 Å². The fraction of sp³-hybridized carbons (Fsp3) is 0.650. The third-order valence-corrected chi connectivity index (χ3v) is 5.11. The molecular formula is C20H31N5. The molecule has 0 saturated carbocycles. The predicted octanol–water partition coefficient (Wildman–Crippen LogP) is 4.02. The summed E-state index contributed by atoms with van der Waals surface area (Å²) in [5.41, 5.74) is 2.52. The molecule has 0 amide bonds. The molecule has 1 fully saturated rings. The highest BCUT2D eigenvalue weighted by Gasteiger charge is 2.26. The van der Waals surface area contributed by atoms with Crippen LogP contribution in [0.1, 0.15) is 76.5 Å². The first-order chi connectivity index (χ1) is 11.8. The minimum absolute atomic E-state index is 0.0361. The monoisotopic (exact) mass is 341 g/mol. The lowest BCUT2D eigenvalue weighted by molar-refractivity contribution is 0.473. The average Bonchev–Trinajstić information content (AvgIpc) is 3.00. The van der Waals surface area contributed by atoms with Gasteiger partial charge in [-0.25, -0.2) is 9.97 Å². The summed E-state index contributed by atoms with van der Waals surface area (Å²) in [7, 11) is 2.04. The van der Waals surface area contributed by atoms with Crippen molar-refractivity contribution in [1.29, 1.82) is 0 Å². The lowest BCUT2D eigenvalue weighted by Crippen LogP contribution is -2.34. The van der Waals surface area contributed by atoms with Crippen LogP contribution >= 0.6 is 0 Å². The SMILES string of the molecule is CC(C)c1nc(N2CCC(c3ccnn3C)CC2)cc(C(C)(C)C)n1. The lowest BCUT2D eigenvalue weighted by atomic mass is 9.91. The quantitative estimate of drug-likeness (QED) is 0.846. The summed E-state index contributed by atoms with van der Waals surface area (Å²) in [5, 5.41) is 4.32. The van der Waals surface area contributed by atoms with Crippen molar-refractivity contribution >= 4 is 5.82 Å². The Labute approximate surface area is 151 Å². The van der Waals surface area contributed by atoms with Crippen LogP contribution in [0, 0.1) is 0 Å². The number of piperidine rings is 1. The summed E-state index contributed by atoms with van der Waals surface area (Å²) >= 11 is 0. The van der Waals surface area contributed by atoms with Crippen molar-refractivity contribution in [3.05, 3.63) is 35.5 Å². The fourth-order valence-corrected chi connectivity index (χ4v) is 3.45. The van der Waals surface area contributed by atoms with E-state index in [1.165, 1.54) is 5.69 Å². The van der Waals surface area contributed by atoms with Crippen molar-refractivity contribution in [1.82, 2.24) is 19.7 Å². The molecule has 0 aromatic carbocycles. The molecule has 2 aromatic rings. The molecule has 3 heterocycles. The molecule has 0 spiro atoms. The van der Waals surface area contributed by atoms with E-state index in [1.807, 2.05) is 17.9 Å². The molecule has 3 rings (SSSR count). The van der Waals surface area contributed by atoms with Gasteiger partial charge in [0.15, 0.2) is 0 Å². The Morgan fingerprint density at radius 3 is 2.32 bits per heavy atom. The van der Waals surface area contributed by atoms with E-state index >= 15 is 0 Å². The molecule has 0 N–H and O–H groups in total. The highest BCUT2D eigenvalue weighted by molar-refractivity contribution is 5.42. The Morgan fingerprint density at radius 1 is 1.12 bits per heavy atom. The van der Waals surface area contributed by atoms with Crippen LogP contribution in [0.15, 0.2) is 18.3 Å². The summed E-state index contributed by atoms with van der Waals surface area (Å²) in [5.74, 6) is 2.98. The van der Waals surface area contributed by atoms with Gasteiger partial charge in [-0.05, 0) is 18.9 Å². The molecule has 0 unspecified atom stereocenters. The van der Waals surface area contributed by atoms with Crippen molar-refractivity contribution in [2.75, 3.05) is 18.0 Å². The second kappa shape index (κ2) is 6.77. The van der Waals surface area contributed by atoms with Gasteiger partial charge in [0, 0.05) is 55.3 Å². The van der Waals surface area contributed by atoms with Crippen LogP contribution < -0.4 is 4.90 Å². The first kappa shape index (κ1) is 17.9. The van der Waals surface area contributed by atoms with E-state index in [9.17, 15) is 0 Å². The second-order valence-electron chi connectivity index (χ2n) is 8.52. The number of aromatic nitrogens is 4. The molecule has 5 heteroatoms. The molecule has 0 aliphatic carbocycles. The van der Waals surface area contributed by atoms with E-state index in [4.69, 9.17) is 9.97 Å². The molecule has 1 saturated heterocycles. The number of hydrogen-bond acceptors (Lipinski definition) is 4. The zero-order chi connectivity index (χ0) is 18.2. The van der Waals surface area contributed by atoms with E-state index in [0.29, 0.717) is 11.8 Å². The van der Waals surface area contributed by atoms with Crippen molar-refractivity contribution in [2.45, 2.75) is 64.7 Å². The molecule has 1 aliphatic heterocycles. The van der Waals surface area contributed by atoms with E-state index in [1.54, 1.807) is 0 Å². The molecule has 25 heavy (non-hydrogen) atoms. The van der Waals surface area contributed by atoms with Crippen LogP contribution in [0.2, 0.25) is 0 Å². The maximum atomic E-state index is 4.87. The van der Waals surface area contributed by atoms with Crippen LogP contribution in [-0.2, 0) is 12.5 Å². The minimum atomic E-state index is 0.0361. The molecule has 0 bridgehead atoms. The number of aryl methyl sites for hydroxylation is 1. The van der Waals surface area contributed by atoms with E-state index < -0.39 is 0 Å². The first-order valence-corrected chi connectivity index (χ1v) is 9.38. The summed E-state index contributed by atoms with van der Waals surface area (Å²) in [6, 6.07) is 4.34. The Bertz CT molecular complexity index is 718. The highest BCUT2D eigenvalue weighted by Crippen LogP contribution is 2.31. The van der Waals surface area contributed by atoms with E-state index in [0.717, 1.165) is 43.3 Å². The Kier molecular flexibility index (Phi) is 4.85. The predicted molar refractivity (Wildman–Crippen MR) is 102 cm³/mol. The van der Waals surface area contributed by atoms with E-state index in [2.05, 4.69) is 56.8 Å². The maximum Gasteiger partial charge on any atom is 0.133 e. The normalized spacial score (nSPS) is 16.7. The number of rotatable bonds is 3. The number of nitrogens with zero attached hydrogens (tertiary/aromatic N) is 5. The Morgan fingerprint density at radius 2 is 1.80 bits per heavy atom. The molecule has 1 aliphatic rings. The van der Waals surface area contributed by atoms with Gasteiger partial charge in [-0.2, -0.15) is 5.10 Å². The summed E-state index contributed by atoms with van der Waals surface area (Å²) < 4.78 is 2.01. The average molecular weight is 342 g/mol. The Balaban J connectivity index is 1.81. The summed E-state index contributed by atoms with van der Waals surface area (Å²) in [4.78, 5) is 12.1. The van der Waals surface area contributed by atoms with Gasteiger partial charge in [-0.3, -0.25) is 4.68 Å². The van der Waals surface area contributed by atoms with Gasteiger partial charge >= 0.3 is 0 Å². The second-order valence-corrected chi connectivity index (χ2v) is 8.52. The van der Waals surface area contributed by atoms with Gasteiger partial charge < -0.3 is 4.90 Å². The number of anilines is 1. The van der Waals surface area contributed by atoms with Gasteiger partial charge in [-0.1, -0.05) is 34.6 Å².